The first-order valence-corrected chi connectivity index (χ1v) is 6.10. The third-order valence-electron chi connectivity index (χ3n) is 2.70. The van der Waals surface area contributed by atoms with E-state index in [0.29, 0.717) is 6.42 Å². The number of carboxylic acids is 1. The van der Waals surface area contributed by atoms with Gasteiger partial charge in [0.1, 0.15) is 6.04 Å². The van der Waals surface area contributed by atoms with Crippen LogP contribution in [-0.2, 0) is 16.0 Å². The van der Waals surface area contributed by atoms with Crippen molar-refractivity contribution in [2.24, 2.45) is 0 Å². The van der Waals surface area contributed by atoms with Crippen molar-refractivity contribution < 1.29 is 14.7 Å². The Morgan fingerprint density at radius 2 is 1.89 bits per heavy atom. The Kier molecular flexibility index (Phi) is 5.36. The molecule has 1 atom stereocenters. The van der Waals surface area contributed by atoms with Crippen LogP contribution in [-0.4, -0.2) is 23.0 Å². The number of nitrogens with one attached hydrogen (secondary N) is 1. The van der Waals surface area contributed by atoms with Gasteiger partial charge in [-0.25, -0.2) is 4.79 Å². The molecule has 0 aromatic heterocycles. The van der Waals surface area contributed by atoms with E-state index in [1.165, 1.54) is 0 Å². The van der Waals surface area contributed by atoms with E-state index in [-0.39, 0.29) is 12.3 Å². The van der Waals surface area contributed by atoms with Crippen molar-refractivity contribution in [1.82, 2.24) is 5.32 Å². The highest BCUT2D eigenvalue weighted by atomic mass is 16.4. The molecule has 1 rings (SSSR count). The van der Waals surface area contributed by atoms with E-state index in [1.807, 2.05) is 38.1 Å². The summed E-state index contributed by atoms with van der Waals surface area (Å²) in [6.45, 7) is 3.87. The highest BCUT2D eigenvalue weighted by Gasteiger charge is 2.18. The van der Waals surface area contributed by atoms with Gasteiger partial charge < -0.3 is 10.4 Å². The van der Waals surface area contributed by atoms with Crippen molar-refractivity contribution >= 4 is 11.9 Å². The second-order valence-corrected chi connectivity index (χ2v) is 4.41. The summed E-state index contributed by atoms with van der Waals surface area (Å²) in [5.41, 5.74) is 2.02. The van der Waals surface area contributed by atoms with Crippen LogP contribution in [0.25, 0.3) is 0 Å². The predicted molar refractivity (Wildman–Crippen MR) is 69.4 cm³/mol. The van der Waals surface area contributed by atoms with E-state index in [1.54, 1.807) is 0 Å². The smallest absolute Gasteiger partial charge is 0.326 e. The second-order valence-electron chi connectivity index (χ2n) is 4.41. The number of aryl methyl sites for hydroxylation is 1. The Morgan fingerprint density at radius 3 is 2.39 bits per heavy atom. The third-order valence-corrected chi connectivity index (χ3v) is 2.70. The monoisotopic (exact) mass is 249 g/mol. The summed E-state index contributed by atoms with van der Waals surface area (Å²) in [4.78, 5) is 22.6. The molecule has 0 heterocycles. The molecule has 0 aliphatic rings. The maximum atomic E-state index is 11.7. The van der Waals surface area contributed by atoms with Crippen LogP contribution < -0.4 is 5.32 Å². The first kappa shape index (κ1) is 14.2. The molecule has 0 unspecified atom stereocenters. The zero-order chi connectivity index (χ0) is 13.5. The van der Waals surface area contributed by atoms with Crippen LogP contribution in [0.2, 0.25) is 0 Å². The number of amides is 1. The van der Waals surface area contributed by atoms with Crippen LogP contribution in [0.5, 0.6) is 0 Å². The lowest BCUT2D eigenvalue weighted by Gasteiger charge is -2.13. The highest BCUT2D eigenvalue weighted by Crippen LogP contribution is 2.04. The first-order chi connectivity index (χ1) is 8.52. The average Bonchev–Trinajstić information content (AvgIpc) is 2.31. The summed E-state index contributed by atoms with van der Waals surface area (Å²) in [6, 6.07) is 6.84. The van der Waals surface area contributed by atoms with Crippen molar-refractivity contribution in [3.63, 3.8) is 0 Å². The van der Waals surface area contributed by atoms with Gasteiger partial charge in [0, 0.05) is 0 Å². The topological polar surface area (TPSA) is 66.4 Å². The molecule has 1 aromatic rings. The van der Waals surface area contributed by atoms with E-state index in [0.717, 1.165) is 17.5 Å². The average molecular weight is 249 g/mol. The maximum Gasteiger partial charge on any atom is 0.326 e. The largest absolute Gasteiger partial charge is 0.480 e. The number of aliphatic carboxylic acids is 1. The molecule has 0 aliphatic carbocycles. The maximum absolute atomic E-state index is 11.7. The van der Waals surface area contributed by atoms with Gasteiger partial charge in [0.05, 0.1) is 6.42 Å². The molecule has 4 nitrogen and oxygen atoms in total. The number of hydrogen-bond acceptors (Lipinski definition) is 2. The van der Waals surface area contributed by atoms with Crippen molar-refractivity contribution in [3.8, 4) is 0 Å². The van der Waals surface area contributed by atoms with Crippen molar-refractivity contribution in [1.29, 1.82) is 0 Å². The van der Waals surface area contributed by atoms with Gasteiger partial charge in [-0.2, -0.15) is 0 Å². The lowest BCUT2D eigenvalue weighted by Crippen LogP contribution is -2.41. The minimum Gasteiger partial charge on any atom is -0.480 e. The number of benzene rings is 1. The molecular formula is C14H19NO3. The van der Waals surface area contributed by atoms with Gasteiger partial charge >= 0.3 is 5.97 Å². The van der Waals surface area contributed by atoms with Crippen LogP contribution in [0.4, 0.5) is 0 Å². The Bertz CT molecular complexity index is 412. The molecule has 18 heavy (non-hydrogen) atoms. The van der Waals surface area contributed by atoms with Crippen molar-refractivity contribution in [3.05, 3.63) is 35.4 Å². The molecule has 0 saturated heterocycles. The molecule has 0 bridgehead atoms. The summed E-state index contributed by atoms with van der Waals surface area (Å²) in [6.07, 6.45) is 1.39. The van der Waals surface area contributed by atoms with Gasteiger partial charge in [-0.3, -0.25) is 4.79 Å². The lowest BCUT2D eigenvalue weighted by molar-refractivity contribution is -0.141. The zero-order valence-corrected chi connectivity index (χ0v) is 10.8. The fourth-order valence-electron chi connectivity index (χ4n) is 1.68. The number of carboxylic acid groups (broad SMARTS) is 1. The lowest BCUT2D eigenvalue weighted by atomic mass is 10.1. The summed E-state index contributed by atoms with van der Waals surface area (Å²) in [7, 11) is 0. The molecule has 0 radical (unpaired) electrons. The molecule has 98 valence electrons. The Hall–Kier alpha value is -1.84. The van der Waals surface area contributed by atoms with Gasteiger partial charge in [0.15, 0.2) is 0 Å². The predicted octanol–water partition coefficient (Wildman–Crippen LogP) is 1.91. The van der Waals surface area contributed by atoms with Gasteiger partial charge in [-0.15, -0.1) is 0 Å². The molecule has 4 heteroatoms. The van der Waals surface area contributed by atoms with Crippen LogP contribution in [0.15, 0.2) is 24.3 Å². The molecule has 0 saturated carbocycles. The van der Waals surface area contributed by atoms with Crippen molar-refractivity contribution in [2.75, 3.05) is 0 Å². The summed E-state index contributed by atoms with van der Waals surface area (Å²) in [5.74, 6) is -1.23. The van der Waals surface area contributed by atoms with Crippen LogP contribution in [0, 0.1) is 6.92 Å². The molecule has 1 aromatic carbocycles. The third kappa shape index (κ3) is 4.57. The summed E-state index contributed by atoms with van der Waals surface area (Å²) < 4.78 is 0. The van der Waals surface area contributed by atoms with Gasteiger partial charge in [-0.05, 0) is 18.9 Å². The van der Waals surface area contributed by atoms with E-state index < -0.39 is 12.0 Å². The zero-order valence-electron chi connectivity index (χ0n) is 10.8. The standard InChI is InChI=1S/C14H19NO3/c1-3-4-12(14(17)18)15-13(16)9-11-7-5-10(2)6-8-11/h5-8,12H,3-4,9H2,1-2H3,(H,15,16)(H,17,18)/t12-/m0/s1. The minimum absolute atomic E-state index is 0.216. The van der Waals surface area contributed by atoms with E-state index in [9.17, 15) is 9.59 Å². The van der Waals surface area contributed by atoms with Crippen molar-refractivity contribution in [2.45, 2.75) is 39.2 Å². The molecule has 0 aliphatic heterocycles. The summed E-state index contributed by atoms with van der Waals surface area (Å²) in [5, 5.41) is 11.5. The summed E-state index contributed by atoms with van der Waals surface area (Å²) >= 11 is 0. The second kappa shape index (κ2) is 6.79. The fraction of sp³-hybridized carbons (Fsp3) is 0.429. The number of carbonyl (C=O) groups excluding carboxylic acids is 1. The minimum atomic E-state index is -0.978. The SMILES string of the molecule is CCC[C@H](NC(=O)Cc1ccc(C)cc1)C(=O)O. The molecule has 0 fully saturated rings. The quantitative estimate of drug-likeness (QED) is 0.809. The van der Waals surface area contributed by atoms with Gasteiger partial charge in [-0.1, -0.05) is 43.2 Å². The normalized spacial score (nSPS) is 11.9. The fourth-order valence-corrected chi connectivity index (χ4v) is 1.68. The number of rotatable bonds is 6. The van der Waals surface area contributed by atoms with Crippen LogP contribution >= 0.6 is 0 Å². The Labute approximate surface area is 107 Å². The van der Waals surface area contributed by atoms with Gasteiger partial charge in [0.2, 0.25) is 5.91 Å². The molecule has 0 spiro atoms. The van der Waals surface area contributed by atoms with E-state index in [4.69, 9.17) is 5.11 Å². The molecule has 2 N–H and O–H groups in total. The Balaban J connectivity index is 2.54. The highest BCUT2D eigenvalue weighted by molar-refractivity contribution is 5.84. The first-order valence-electron chi connectivity index (χ1n) is 6.10. The number of hydrogen-bond donors (Lipinski definition) is 2. The Morgan fingerprint density at radius 1 is 1.28 bits per heavy atom. The number of carbonyl (C=O) groups is 2. The van der Waals surface area contributed by atoms with Crippen LogP contribution in [0.3, 0.4) is 0 Å². The van der Waals surface area contributed by atoms with Gasteiger partial charge in [0.25, 0.3) is 0 Å². The van der Waals surface area contributed by atoms with Crippen LogP contribution in [0.1, 0.15) is 30.9 Å². The van der Waals surface area contributed by atoms with E-state index in [2.05, 4.69) is 5.32 Å². The van der Waals surface area contributed by atoms with E-state index >= 15 is 0 Å². The molecular weight excluding hydrogens is 230 g/mol. The molecule has 1 amide bonds.